The number of H-pyrrole nitrogens is 1. The Balaban J connectivity index is 0.000000867. The molecule has 3 N–H and O–H groups in total. The maximum atomic E-state index is 14.6. The van der Waals surface area contributed by atoms with Gasteiger partial charge in [0.2, 0.25) is 17.7 Å². The Labute approximate surface area is 225 Å². The number of rotatable bonds is 5. The predicted molar refractivity (Wildman–Crippen MR) is 134 cm³/mol. The van der Waals surface area contributed by atoms with Gasteiger partial charge in [-0.25, -0.2) is 18.2 Å². The van der Waals surface area contributed by atoms with Crippen LogP contribution in [-0.2, 0) is 15.0 Å². The molecule has 1 aromatic carbocycles. The number of ether oxygens (including phenoxy) is 1. The lowest BCUT2D eigenvalue weighted by Gasteiger charge is -2.42. The predicted octanol–water partition coefficient (Wildman–Crippen LogP) is 3.64. The maximum absolute atomic E-state index is 14.6. The Morgan fingerprint density at radius 3 is 2.45 bits per heavy atom. The van der Waals surface area contributed by atoms with Gasteiger partial charge in [0.1, 0.15) is 29.3 Å². The van der Waals surface area contributed by atoms with Crippen molar-refractivity contribution >= 4 is 28.7 Å². The molecule has 2 fully saturated rings. The summed E-state index contributed by atoms with van der Waals surface area (Å²) in [6, 6.07) is 8.88. The summed E-state index contributed by atoms with van der Waals surface area (Å²) in [6.07, 6.45) is -1.23. The van der Waals surface area contributed by atoms with Crippen molar-refractivity contribution in [3.05, 3.63) is 58.3 Å². The minimum Gasteiger partial charge on any atom is -0.497 e. The van der Waals surface area contributed by atoms with Crippen LogP contribution in [0.25, 0.3) is 11.0 Å². The molecule has 40 heavy (non-hydrogen) atoms. The fraction of sp³-hybridized carbons (Fsp3) is 0.440. The summed E-state index contributed by atoms with van der Waals surface area (Å²) >= 11 is 0. The number of benzene rings is 1. The van der Waals surface area contributed by atoms with Crippen molar-refractivity contribution in [1.29, 1.82) is 0 Å². The van der Waals surface area contributed by atoms with Crippen LogP contribution >= 0.6 is 0 Å². The number of hydrogen-bond acceptors (Lipinski definition) is 7. The molecular weight excluding hydrogens is 537 g/mol. The Bertz CT molecular complexity index is 1370. The van der Waals surface area contributed by atoms with E-state index in [9.17, 15) is 22.8 Å². The monoisotopic (exact) mass is 564 g/mol. The number of alkyl halides is 3. The van der Waals surface area contributed by atoms with Crippen LogP contribution in [0.5, 0.6) is 5.75 Å². The smallest absolute Gasteiger partial charge is 0.291 e. The highest BCUT2D eigenvalue weighted by molar-refractivity contribution is 5.99. The van der Waals surface area contributed by atoms with Gasteiger partial charge in [0.05, 0.1) is 30.8 Å². The second-order valence-corrected chi connectivity index (χ2v) is 9.70. The Hall–Kier alpha value is -4.43. The molecule has 0 radical (unpaired) electrons. The van der Waals surface area contributed by atoms with Crippen molar-refractivity contribution in [1.82, 2.24) is 20.1 Å². The highest BCUT2D eigenvalue weighted by Crippen LogP contribution is 2.47. The van der Waals surface area contributed by atoms with Crippen molar-refractivity contribution in [3.8, 4) is 5.75 Å². The molecule has 1 saturated heterocycles. The fourth-order valence-corrected chi connectivity index (χ4v) is 5.22. The van der Waals surface area contributed by atoms with Crippen LogP contribution in [0.4, 0.5) is 19.0 Å². The first-order valence-electron chi connectivity index (χ1n) is 12.4. The number of carbonyl (C=O) groups is 2. The van der Waals surface area contributed by atoms with Gasteiger partial charge >= 0.3 is 0 Å². The number of hydrogen-bond donors (Lipinski definition) is 3. The number of nitrogens with one attached hydrogen (secondary N) is 2. The molecule has 0 spiro atoms. The maximum Gasteiger partial charge on any atom is 0.291 e. The quantitative estimate of drug-likeness (QED) is 0.312. The van der Waals surface area contributed by atoms with E-state index in [1.165, 1.54) is 18.2 Å². The van der Waals surface area contributed by atoms with Gasteiger partial charge < -0.3 is 20.2 Å². The van der Waals surface area contributed by atoms with Gasteiger partial charge in [0, 0.05) is 19.3 Å². The SMILES string of the molecule is COc1ccc(C2(C(=O)N3C[C@H](F)C[C@@H]3C(=O)Nc3ccc4[nH]ncc4n3)CCC(F)(F)CC2)cc1.O=[N+]([O-])O. The van der Waals surface area contributed by atoms with Crippen LogP contribution in [0.2, 0.25) is 0 Å². The number of pyridine rings is 1. The van der Waals surface area contributed by atoms with Gasteiger partial charge in [-0.1, -0.05) is 12.1 Å². The molecule has 214 valence electrons. The van der Waals surface area contributed by atoms with Gasteiger partial charge in [0.15, 0.2) is 0 Å². The number of fused-ring (bicyclic) bond motifs is 1. The number of methoxy groups -OCH3 is 1. The van der Waals surface area contributed by atoms with E-state index in [1.807, 2.05) is 0 Å². The summed E-state index contributed by atoms with van der Waals surface area (Å²) in [4.78, 5) is 41.1. The molecule has 3 heterocycles. The van der Waals surface area contributed by atoms with Crippen LogP contribution in [-0.4, -0.2) is 74.0 Å². The second-order valence-electron chi connectivity index (χ2n) is 9.70. The number of amides is 2. The zero-order valence-electron chi connectivity index (χ0n) is 21.3. The van der Waals surface area contributed by atoms with Crippen molar-refractivity contribution in [3.63, 3.8) is 0 Å². The first kappa shape index (κ1) is 28.6. The summed E-state index contributed by atoms with van der Waals surface area (Å²) in [5.41, 5.74) is 0.490. The number of anilines is 1. The zero-order valence-corrected chi connectivity index (χ0v) is 21.3. The Kier molecular flexibility index (Phi) is 8.11. The number of halogens is 3. The van der Waals surface area contributed by atoms with E-state index < -0.39 is 53.3 Å². The van der Waals surface area contributed by atoms with Crippen LogP contribution in [0.3, 0.4) is 0 Å². The van der Waals surface area contributed by atoms with Crippen LogP contribution in [0.15, 0.2) is 42.6 Å². The summed E-state index contributed by atoms with van der Waals surface area (Å²) in [7, 11) is 1.51. The molecular formula is C25H27F3N6O6. The number of carbonyl (C=O) groups excluding carboxylic acids is 2. The third kappa shape index (κ3) is 6.07. The molecule has 1 saturated carbocycles. The molecule has 2 amide bonds. The van der Waals surface area contributed by atoms with E-state index in [-0.39, 0.29) is 31.6 Å². The first-order chi connectivity index (χ1) is 18.9. The van der Waals surface area contributed by atoms with Crippen LogP contribution in [0.1, 0.15) is 37.7 Å². The first-order valence-corrected chi connectivity index (χ1v) is 12.4. The molecule has 2 aliphatic rings. The molecule has 2 aromatic heterocycles. The van der Waals surface area contributed by atoms with E-state index in [0.717, 1.165) is 0 Å². The van der Waals surface area contributed by atoms with Gasteiger partial charge in [0.25, 0.3) is 5.09 Å². The number of aromatic amines is 1. The average molecular weight is 565 g/mol. The third-order valence-electron chi connectivity index (χ3n) is 7.25. The zero-order chi connectivity index (χ0) is 29.1. The summed E-state index contributed by atoms with van der Waals surface area (Å²) in [5.74, 6) is -3.16. The average Bonchev–Trinajstić information content (AvgIpc) is 3.54. The lowest BCUT2D eigenvalue weighted by molar-refractivity contribution is -0.742. The van der Waals surface area contributed by atoms with E-state index >= 15 is 0 Å². The largest absolute Gasteiger partial charge is 0.497 e. The van der Waals surface area contributed by atoms with Crippen molar-refractivity contribution in [2.45, 2.75) is 55.7 Å². The summed E-state index contributed by atoms with van der Waals surface area (Å²) in [6.45, 7) is -0.278. The third-order valence-corrected chi connectivity index (χ3v) is 7.25. The van der Waals surface area contributed by atoms with Crippen molar-refractivity contribution in [2.75, 3.05) is 19.0 Å². The normalized spacial score (nSPS) is 21.2. The lowest BCUT2D eigenvalue weighted by atomic mass is 9.67. The molecule has 12 nitrogen and oxygen atoms in total. The van der Waals surface area contributed by atoms with Crippen molar-refractivity contribution in [2.24, 2.45) is 0 Å². The molecule has 0 bridgehead atoms. The Morgan fingerprint density at radius 2 is 1.82 bits per heavy atom. The second kappa shape index (κ2) is 11.4. The van der Waals surface area contributed by atoms with E-state index in [1.54, 1.807) is 36.4 Å². The molecule has 1 aliphatic heterocycles. The van der Waals surface area contributed by atoms with E-state index in [0.29, 0.717) is 22.3 Å². The summed E-state index contributed by atoms with van der Waals surface area (Å²) in [5, 5.41) is 23.0. The number of likely N-dealkylation sites (tertiary alicyclic amines) is 1. The van der Waals surface area contributed by atoms with E-state index in [2.05, 4.69) is 20.5 Å². The molecule has 15 heteroatoms. The summed E-state index contributed by atoms with van der Waals surface area (Å²) < 4.78 is 48.1. The van der Waals surface area contributed by atoms with Gasteiger partial charge in [-0.05, 0) is 42.7 Å². The number of nitrogens with zero attached hydrogens (tertiary/aromatic N) is 4. The minimum absolute atomic E-state index is 0.105. The standard InChI is InChI=1S/C25H26F3N5O3.HNO3/c1-36-17-4-2-15(3-5-17)24(8-10-25(27,28)11-9-24)23(35)33-14-16(26)12-20(33)22(34)31-21-7-6-18-19(30-21)13-29-32-18;2-1(3)4/h2-7,13,16,20H,8-12,14H2,1H3,(H,29,32)(H,30,31,34);(H,2,3,4)/t16-,20-;/m1./s1. The molecule has 3 aromatic rings. The minimum atomic E-state index is -2.88. The molecule has 0 unspecified atom stereocenters. The van der Waals surface area contributed by atoms with E-state index in [4.69, 9.17) is 20.1 Å². The molecule has 2 atom stereocenters. The highest BCUT2D eigenvalue weighted by Gasteiger charge is 2.53. The molecule has 1 aliphatic carbocycles. The van der Waals surface area contributed by atoms with Gasteiger partial charge in [-0.2, -0.15) is 5.10 Å². The number of aromatic nitrogens is 3. The van der Waals surface area contributed by atoms with Crippen LogP contribution in [0, 0.1) is 10.1 Å². The van der Waals surface area contributed by atoms with Gasteiger partial charge in [-0.15, -0.1) is 10.1 Å². The van der Waals surface area contributed by atoms with Gasteiger partial charge in [-0.3, -0.25) is 14.7 Å². The topological polar surface area (TPSA) is 164 Å². The fourth-order valence-electron chi connectivity index (χ4n) is 5.22. The van der Waals surface area contributed by atoms with Crippen LogP contribution < -0.4 is 10.1 Å². The Morgan fingerprint density at radius 1 is 1.18 bits per heavy atom. The molecule has 5 rings (SSSR count). The van der Waals surface area contributed by atoms with Crippen molar-refractivity contribution < 1.29 is 37.8 Å². The highest BCUT2D eigenvalue weighted by atomic mass is 19.3. The lowest BCUT2D eigenvalue weighted by Crippen LogP contribution is -2.54.